The van der Waals surface area contributed by atoms with Crippen molar-refractivity contribution >= 4 is 5.95 Å². The third kappa shape index (κ3) is 2.33. The molecule has 1 aliphatic rings. The smallest absolute Gasteiger partial charge is 0.203 e. The van der Waals surface area contributed by atoms with Gasteiger partial charge in [0.1, 0.15) is 0 Å². The Morgan fingerprint density at radius 2 is 2.13 bits per heavy atom. The van der Waals surface area contributed by atoms with Crippen molar-refractivity contribution in [3.63, 3.8) is 0 Å². The molecule has 3 heteroatoms. The Kier molecular flexibility index (Phi) is 2.49. The summed E-state index contributed by atoms with van der Waals surface area (Å²) in [4.78, 5) is 4.38. The van der Waals surface area contributed by atoms with Gasteiger partial charge in [-0.2, -0.15) is 0 Å². The average Bonchev–Trinajstić information content (AvgIpc) is 2.86. The fourth-order valence-electron chi connectivity index (χ4n) is 1.48. The molecule has 84 valence electrons. The van der Waals surface area contributed by atoms with Crippen molar-refractivity contribution < 1.29 is 0 Å². The normalized spacial score (nSPS) is 18.9. The van der Waals surface area contributed by atoms with Gasteiger partial charge in [0.2, 0.25) is 5.95 Å². The van der Waals surface area contributed by atoms with Crippen LogP contribution in [0.5, 0.6) is 0 Å². The summed E-state index contributed by atoms with van der Waals surface area (Å²) in [6.07, 6.45) is 6.56. The molecule has 1 aromatic rings. The van der Waals surface area contributed by atoms with Gasteiger partial charge in [-0.25, -0.2) is 4.98 Å². The number of hydrogen-bond acceptors (Lipinski definition) is 2. The van der Waals surface area contributed by atoms with Gasteiger partial charge in [0.25, 0.3) is 0 Å². The number of imidazole rings is 1. The number of aromatic nitrogens is 2. The Hall–Kier alpha value is -0.990. The predicted molar refractivity (Wildman–Crippen MR) is 63.0 cm³/mol. The van der Waals surface area contributed by atoms with Crippen LogP contribution in [0.2, 0.25) is 0 Å². The van der Waals surface area contributed by atoms with Gasteiger partial charge >= 0.3 is 0 Å². The molecule has 0 bridgehead atoms. The molecule has 2 rings (SSSR count). The third-order valence-electron chi connectivity index (χ3n) is 3.25. The van der Waals surface area contributed by atoms with Crippen molar-refractivity contribution in [1.82, 2.24) is 9.55 Å². The van der Waals surface area contributed by atoms with E-state index in [4.69, 9.17) is 0 Å². The second kappa shape index (κ2) is 3.54. The fraction of sp³-hybridized carbons (Fsp3) is 0.750. The van der Waals surface area contributed by atoms with Crippen LogP contribution in [0.4, 0.5) is 5.95 Å². The summed E-state index contributed by atoms with van der Waals surface area (Å²) in [7, 11) is 0. The number of hydrogen-bond donors (Lipinski definition) is 1. The minimum absolute atomic E-state index is 0.264. The second-order valence-corrected chi connectivity index (χ2v) is 5.62. The molecule has 1 aliphatic carbocycles. The third-order valence-corrected chi connectivity index (χ3v) is 3.25. The number of nitrogens with zero attached hydrogens (tertiary/aromatic N) is 2. The van der Waals surface area contributed by atoms with E-state index in [1.165, 1.54) is 12.8 Å². The molecule has 0 spiro atoms. The summed E-state index contributed by atoms with van der Waals surface area (Å²) in [5.41, 5.74) is 0.264. The molecule has 1 saturated carbocycles. The Balaban J connectivity index is 2.07. The van der Waals surface area contributed by atoms with Gasteiger partial charge in [-0.1, -0.05) is 20.8 Å². The topological polar surface area (TPSA) is 29.9 Å². The molecule has 0 saturated heterocycles. The van der Waals surface area contributed by atoms with Gasteiger partial charge in [0, 0.05) is 24.5 Å². The summed E-state index contributed by atoms with van der Waals surface area (Å²) < 4.78 is 2.27. The van der Waals surface area contributed by atoms with Crippen LogP contribution in [0.3, 0.4) is 0 Å². The van der Waals surface area contributed by atoms with E-state index in [2.05, 4.69) is 48.8 Å². The van der Waals surface area contributed by atoms with Crippen LogP contribution in [-0.4, -0.2) is 15.6 Å². The second-order valence-electron chi connectivity index (χ2n) is 5.62. The predicted octanol–water partition coefficient (Wildman–Crippen LogP) is 3.06. The van der Waals surface area contributed by atoms with Gasteiger partial charge < -0.3 is 9.88 Å². The van der Waals surface area contributed by atoms with Crippen molar-refractivity contribution in [3.05, 3.63) is 12.4 Å². The Morgan fingerprint density at radius 1 is 1.47 bits per heavy atom. The molecule has 0 radical (unpaired) electrons. The first-order chi connectivity index (χ1) is 6.98. The van der Waals surface area contributed by atoms with E-state index in [0.29, 0.717) is 12.1 Å². The van der Waals surface area contributed by atoms with E-state index in [1.54, 1.807) is 0 Å². The highest BCUT2D eigenvalue weighted by Gasteiger charge is 2.27. The number of nitrogens with one attached hydrogen (secondary N) is 1. The van der Waals surface area contributed by atoms with Crippen LogP contribution < -0.4 is 5.32 Å². The van der Waals surface area contributed by atoms with E-state index in [0.717, 1.165) is 5.95 Å². The molecular formula is C12H21N3. The van der Waals surface area contributed by atoms with Crippen LogP contribution in [0.15, 0.2) is 12.4 Å². The van der Waals surface area contributed by atoms with Crippen molar-refractivity contribution in [2.75, 3.05) is 5.32 Å². The molecule has 1 unspecified atom stereocenters. The highest BCUT2D eigenvalue weighted by atomic mass is 15.2. The minimum atomic E-state index is 0.264. The summed E-state index contributed by atoms with van der Waals surface area (Å²) in [5, 5.41) is 3.50. The molecule has 1 fully saturated rings. The lowest BCUT2D eigenvalue weighted by Gasteiger charge is -2.28. The van der Waals surface area contributed by atoms with E-state index >= 15 is 0 Å². The van der Waals surface area contributed by atoms with Gasteiger partial charge in [-0.15, -0.1) is 0 Å². The molecule has 1 heterocycles. The summed E-state index contributed by atoms with van der Waals surface area (Å²) in [6.45, 7) is 8.95. The van der Waals surface area contributed by atoms with Crippen LogP contribution in [-0.2, 0) is 0 Å². The average molecular weight is 207 g/mol. The maximum absolute atomic E-state index is 4.38. The summed E-state index contributed by atoms with van der Waals surface area (Å²) in [5.74, 6) is 1.03. The maximum Gasteiger partial charge on any atom is 0.203 e. The number of rotatable bonds is 3. The Morgan fingerprint density at radius 3 is 2.67 bits per heavy atom. The molecule has 0 aliphatic heterocycles. The Labute approximate surface area is 91.9 Å². The first-order valence-corrected chi connectivity index (χ1v) is 5.78. The van der Waals surface area contributed by atoms with Crippen molar-refractivity contribution in [2.45, 2.75) is 52.6 Å². The molecular weight excluding hydrogens is 186 g/mol. The standard InChI is InChI=1S/C12H21N3/c1-9(12(2,3)4)14-11-13-7-8-15(11)10-5-6-10/h7-10H,5-6H2,1-4H3,(H,13,14). The van der Waals surface area contributed by atoms with Gasteiger partial charge in [0.15, 0.2) is 0 Å². The van der Waals surface area contributed by atoms with Crippen LogP contribution in [0.1, 0.15) is 46.6 Å². The Bertz CT molecular complexity index is 331. The van der Waals surface area contributed by atoms with E-state index in [9.17, 15) is 0 Å². The zero-order valence-electron chi connectivity index (χ0n) is 10.1. The SMILES string of the molecule is CC(Nc1nccn1C1CC1)C(C)(C)C. The van der Waals surface area contributed by atoms with Crippen LogP contribution in [0.25, 0.3) is 0 Å². The van der Waals surface area contributed by atoms with E-state index in [1.807, 2.05) is 6.20 Å². The monoisotopic (exact) mass is 207 g/mol. The lowest BCUT2D eigenvalue weighted by molar-refractivity contribution is 0.357. The molecule has 3 nitrogen and oxygen atoms in total. The first kappa shape index (κ1) is 10.5. The van der Waals surface area contributed by atoms with Crippen molar-refractivity contribution in [1.29, 1.82) is 0 Å². The quantitative estimate of drug-likeness (QED) is 0.825. The van der Waals surface area contributed by atoms with Crippen molar-refractivity contribution in [2.24, 2.45) is 5.41 Å². The summed E-state index contributed by atoms with van der Waals surface area (Å²) in [6, 6.07) is 1.12. The number of anilines is 1. The lowest BCUT2D eigenvalue weighted by atomic mass is 9.88. The van der Waals surface area contributed by atoms with Crippen LogP contribution >= 0.6 is 0 Å². The van der Waals surface area contributed by atoms with Gasteiger partial charge in [0.05, 0.1) is 0 Å². The largest absolute Gasteiger partial charge is 0.353 e. The van der Waals surface area contributed by atoms with E-state index in [-0.39, 0.29) is 5.41 Å². The molecule has 1 aromatic heterocycles. The summed E-state index contributed by atoms with van der Waals surface area (Å²) >= 11 is 0. The molecule has 0 amide bonds. The van der Waals surface area contributed by atoms with E-state index < -0.39 is 0 Å². The first-order valence-electron chi connectivity index (χ1n) is 5.78. The lowest BCUT2D eigenvalue weighted by Crippen LogP contribution is -2.31. The molecule has 1 atom stereocenters. The van der Waals surface area contributed by atoms with Crippen molar-refractivity contribution in [3.8, 4) is 0 Å². The highest BCUT2D eigenvalue weighted by molar-refractivity contribution is 5.29. The molecule has 0 aromatic carbocycles. The minimum Gasteiger partial charge on any atom is -0.353 e. The maximum atomic E-state index is 4.38. The molecule has 15 heavy (non-hydrogen) atoms. The van der Waals surface area contributed by atoms with Gasteiger partial charge in [-0.3, -0.25) is 0 Å². The highest BCUT2D eigenvalue weighted by Crippen LogP contribution is 2.37. The zero-order valence-corrected chi connectivity index (χ0v) is 10.1. The van der Waals surface area contributed by atoms with Crippen LogP contribution in [0, 0.1) is 5.41 Å². The fourth-order valence-corrected chi connectivity index (χ4v) is 1.48. The zero-order chi connectivity index (χ0) is 11.1. The molecule has 1 N–H and O–H groups in total. The van der Waals surface area contributed by atoms with Gasteiger partial charge in [-0.05, 0) is 25.2 Å².